The Bertz CT molecular complexity index is 854. The van der Waals surface area contributed by atoms with Gasteiger partial charge in [0, 0.05) is 44.5 Å². The summed E-state index contributed by atoms with van der Waals surface area (Å²) in [5, 5.41) is 19.3. The molecule has 1 aliphatic heterocycles. The van der Waals surface area contributed by atoms with Crippen LogP contribution >= 0.6 is 0 Å². The molecule has 0 radical (unpaired) electrons. The SMILES string of the molecule is Cc1ccccc1Cn1ccc(CN2CCN(C(=O)O)CC2)c(O)c1=O. The third kappa shape index (κ3) is 3.88. The van der Waals surface area contributed by atoms with Crippen LogP contribution in [0.4, 0.5) is 4.79 Å². The number of piperazine rings is 1. The van der Waals surface area contributed by atoms with Crippen LogP contribution in [-0.2, 0) is 13.1 Å². The van der Waals surface area contributed by atoms with Crippen LogP contribution in [0.1, 0.15) is 16.7 Å². The number of nitrogens with zero attached hydrogens (tertiary/aromatic N) is 3. The first-order chi connectivity index (χ1) is 12.5. The van der Waals surface area contributed by atoms with E-state index in [0.29, 0.717) is 44.8 Å². The minimum atomic E-state index is -0.911. The summed E-state index contributed by atoms with van der Waals surface area (Å²) in [6.07, 6.45) is 0.795. The number of aromatic nitrogens is 1. The first-order valence-corrected chi connectivity index (χ1v) is 8.61. The van der Waals surface area contributed by atoms with Crippen LogP contribution in [0.5, 0.6) is 5.75 Å². The van der Waals surface area contributed by atoms with Gasteiger partial charge in [-0.15, -0.1) is 0 Å². The van der Waals surface area contributed by atoms with Gasteiger partial charge in [0.25, 0.3) is 5.56 Å². The van der Waals surface area contributed by atoms with Crippen molar-refractivity contribution in [1.82, 2.24) is 14.4 Å². The van der Waals surface area contributed by atoms with Crippen LogP contribution in [-0.4, -0.2) is 56.9 Å². The lowest BCUT2D eigenvalue weighted by atomic mass is 10.1. The van der Waals surface area contributed by atoms with E-state index in [0.717, 1.165) is 11.1 Å². The quantitative estimate of drug-likeness (QED) is 0.870. The largest absolute Gasteiger partial charge is 0.503 e. The number of carboxylic acid groups (broad SMARTS) is 1. The molecule has 1 aromatic heterocycles. The highest BCUT2D eigenvalue weighted by atomic mass is 16.4. The van der Waals surface area contributed by atoms with E-state index in [1.54, 1.807) is 12.3 Å². The number of aryl methyl sites for hydroxylation is 1. The maximum atomic E-state index is 12.5. The molecule has 0 spiro atoms. The number of hydrogen-bond donors (Lipinski definition) is 2. The summed E-state index contributed by atoms with van der Waals surface area (Å²) in [4.78, 5) is 26.9. The van der Waals surface area contributed by atoms with Crippen molar-refractivity contribution in [3.8, 4) is 5.75 Å². The van der Waals surface area contributed by atoms with E-state index >= 15 is 0 Å². The lowest BCUT2D eigenvalue weighted by molar-refractivity contribution is 0.102. The van der Waals surface area contributed by atoms with E-state index in [-0.39, 0.29) is 5.75 Å². The molecule has 7 nitrogen and oxygen atoms in total. The van der Waals surface area contributed by atoms with Gasteiger partial charge in [0.05, 0.1) is 6.54 Å². The molecular formula is C19H23N3O4. The Morgan fingerprint density at radius 3 is 2.38 bits per heavy atom. The summed E-state index contributed by atoms with van der Waals surface area (Å²) in [5.74, 6) is -0.234. The van der Waals surface area contributed by atoms with Crippen LogP contribution in [0.25, 0.3) is 0 Å². The molecule has 0 atom stereocenters. The molecule has 1 fully saturated rings. The van der Waals surface area contributed by atoms with Gasteiger partial charge in [-0.3, -0.25) is 9.69 Å². The van der Waals surface area contributed by atoms with E-state index in [1.165, 1.54) is 9.47 Å². The molecule has 2 aromatic rings. The van der Waals surface area contributed by atoms with E-state index in [1.807, 2.05) is 36.1 Å². The standard InChI is InChI=1S/C19H23N3O4/c1-14-4-2-3-5-15(14)13-22-7-6-16(17(23)18(22)24)12-20-8-10-21(11-9-20)19(25)26/h2-7,23H,8-13H2,1H3,(H,25,26). The maximum absolute atomic E-state index is 12.5. The molecule has 1 amide bonds. The Labute approximate surface area is 151 Å². The zero-order valence-corrected chi connectivity index (χ0v) is 14.8. The van der Waals surface area contributed by atoms with Crippen molar-refractivity contribution in [3.63, 3.8) is 0 Å². The lowest BCUT2D eigenvalue weighted by Crippen LogP contribution is -2.47. The number of aromatic hydroxyl groups is 1. The molecule has 0 bridgehead atoms. The van der Waals surface area contributed by atoms with Crippen molar-refractivity contribution < 1.29 is 15.0 Å². The number of pyridine rings is 1. The molecule has 2 N–H and O–H groups in total. The van der Waals surface area contributed by atoms with Crippen LogP contribution < -0.4 is 5.56 Å². The maximum Gasteiger partial charge on any atom is 0.407 e. The van der Waals surface area contributed by atoms with Crippen LogP contribution in [0.15, 0.2) is 41.3 Å². The Balaban J connectivity index is 1.71. The fourth-order valence-electron chi connectivity index (χ4n) is 3.16. The fraction of sp³-hybridized carbons (Fsp3) is 0.368. The highest BCUT2D eigenvalue weighted by molar-refractivity contribution is 5.65. The van der Waals surface area contributed by atoms with Crippen molar-refractivity contribution in [3.05, 3.63) is 63.6 Å². The second kappa shape index (κ2) is 7.61. The average molecular weight is 357 g/mol. The van der Waals surface area contributed by atoms with E-state index in [4.69, 9.17) is 5.11 Å². The highest BCUT2D eigenvalue weighted by Gasteiger charge is 2.21. The Morgan fingerprint density at radius 1 is 1.04 bits per heavy atom. The number of benzene rings is 1. The topological polar surface area (TPSA) is 86.0 Å². The zero-order valence-electron chi connectivity index (χ0n) is 14.8. The van der Waals surface area contributed by atoms with Crippen molar-refractivity contribution in [2.75, 3.05) is 26.2 Å². The molecule has 26 heavy (non-hydrogen) atoms. The molecule has 1 aliphatic rings. The van der Waals surface area contributed by atoms with Crippen molar-refractivity contribution >= 4 is 6.09 Å². The Hall–Kier alpha value is -2.80. The predicted molar refractivity (Wildman–Crippen MR) is 97.5 cm³/mol. The Kier molecular flexibility index (Phi) is 5.27. The number of amides is 1. The van der Waals surface area contributed by atoms with Gasteiger partial charge < -0.3 is 19.7 Å². The first kappa shape index (κ1) is 18.0. The number of carbonyl (C=O) groups is 1. The molecule has 2 heterocycles. The normalized spacial score (nSPS) is 15.2. The number of rotatable bonds is 4. The monoisotopic (exact) mass is 357 g/mol. The van der Waals surface area contributed by atoms with E-state index in [2.05, 4.69) is 0 Å². The molecule has 7 heteroatoms. The smallest absolute Gasteiger partial charge is 0.407 e. The molecule has 0 unspecified atom stereocenters. The zero-order chi connectivity index (χ0) is 18.7. The summed E-state index contributed by atoms with van der Waals surface area (Å²) < 4.78 is 1.50. The number of hydrogen-bond acceptors (Lipinski definition) is 4. The van der Waals surface area contributed by atoms with Gasteiger partial charge in [-0.25, -0.2) is 4.79 Å². The van der Waals surface area contributed by atoms with Gasteiger partial charge in [0.1, 0.15) is 0 Å². The van der Waals surface area contributed by atoms with Crippen molar-refractivity contribution in [1.29, 1.82) is 0 Å². The van der Waals surface area contributed by atoms with Gasteiger partial charge in [-0.2, -0.15) is 0 Å². The summed E-state index contributed by atoms with van der Waals surface area (Å²) >= 11 is 0. The van der Waals surface area contributed by atoms with Crippen LogP contribution in [0.3, 0.4) is 0 Å². The van der Waals surface area contributed by atoms with E-state index < -0.39 is 11.7 Å². The first-order valence-electron chi connectivity index (χ1n) is 8.61. The molecule has 0 saturated carbocycles. The van der Waals surface area contributed by atoms with Crippen LogP contribution in [0.2, 0.25) is 0 Å². The minimum absolute atomic E-state index is 0.234. The predicted octanol–water partition coefficient (Wildman–Crippen LogP) is 1.71. The minimum Gasteiger partial charge on any atom is -0.503 e. The highest BCUT2D eigenvalue weighted by Crippen LogP contribution is 2.16. The van der Waals surface area contributed by atoms with Gasteiger partial charge >= 0.3 is 6.09 Å². The van der Waals surface area contributed by atoms with Gasteiger partial charge in [0.15, 0.2) is 5.75 Å². The third-order valence-corrected chi connectivity index (χ3v) is 4.86. The van der Waals surface area contributed by atoms with E-state index in [9.17, 15) is 14.7 Å². The lowest BCUT2D eigenvalue weighted by Gasteiger charge is -2.33. The molecule has 3 rings (SSSR count). The summed E-state index contributed by atoms with van der Waals surface area (Å²) in [7, 11) is 0. The molecular weight excluding hydrogens is 334 g/mol. The fourth-order valence-corrected chi connectivity index (χ4v) is 3.16. The van der Waals surface area contributed by atoms with Gasteiger partial charge in [-0.05, 0) is 24.1 Å². The molecule has 138 valence electrons. The summed E-state index contributed by atoms with van der Waals surface area (Å²) in [6, 6.07) is 9.60. The second-order valence-electron chi connectivity index (χ2n) is 6.59. The third-order valence-electron chi connectivity index (χ3n) is 4.86. The molecule has 1 aromatic carbocycles. The Morgan fingerprint density at radius 2 is 1.73 bits per heavy atom. The van der Waals surface area contributed by atoms with Crippen LogP contribution in [0, 0.1) is 6.92 Å². The second-order valence-corrected chi connectivity index (χ2v) is 6.59. The average Bonchev–Trinajstić information content (AvgIpc) is 2.63. The van der Waals surface area contributed by atoms with Gasteiger partial charge in [0.2, 0.25) is 0 Å². The molecule has 0 aliphatic carbocycles. The molecule has 1 saturated heterocycles. The van der Waals surface area contributed by atoms with Crippen molar-refractivity contribution in [2.24, 2.45) is 0 Å². The van der Waals surface area contributed by atoms with Gasteiger partial charge in [-0.1, -0.05) is 24.3 Å². The van der Waals surface area contributed by atoms with Crippen molar-refractivity contribution in [2.45, 2.75) is 20.0 Å². The summed E-state index contributed by atoms with van der Waals surface area (Å²) in [5.41, 5.74) is 2.29. The summed E-state index contributed by atoms with van der Waals surface area (Å²) in [6.45, 7) is 4.86.